The standard InChI is InChI=1S/C14H24O4/c15-13-11-12(18-13)7-5-3-1-2-4-6-8-14-16-9-10-17-14/h12,14H,1-11H2. The van der Waals surface area contributed by atoms with Crippen LogP contribution < -0.4 is 0 Å². The van der Waals surface area contributed by atoms with E-state index in [1.54, 1.807) is 0 Å². The monoisotopic (exact) mass is 256 g/mol. The van der Waals surface area contributed by atoms with Crippen LogP contribution in [0.5, 0.6) is 0 Å². The first-order valence-corrected chi connectivity index (χ1v) is 7.27. The van der Waals surface area contributed by atoms with Crippen LogP contribution in [0.3, 0.4) is 0 Å². The van der Waals surface area contributed by atoms with Crippen molar-refractivity contribution < 1.29 is 19.0 Å². The summed E-state index contributed by atoms with van der Waals surface area (Å²) in [5.74, 6) is -0.0312. The van der Waals surface area contributed by atoms with E-state index in [1.165, 1.54) is 38.5 Å². The Kier molecular flexibility index (Phi) is 5.94. The summed E-state index contributed by atoms with van der Waals surface area (Å²) in [5.41, 5.74) is 0. The Hall–Kier alpha value is -0.610. The van der Waals surface area contributed by atoms with E-state index >= 15 is 0 Å². The van der Waals surface area contributed by atoms with Crippen molar-refractivity contribution in [1.82, 2.24) is 0 Å². The van der Waals surface area contributed by atoms with Crippen LogP contribution in [0.2, 0.25) is 0 Å². The molecule has 4 heteroatoms. The van der Waals surface area contributed by atoms with Gasteiger partial charge in [-0.05, 0) is 25.7 Å². The number of esters is 1. The zero-order valence-electron chi connectivity index (χ0n) is 11.1. The van der Waals surface area contributed by atoms with Crippen LogP contribution in [0.4, 0.5) is 0 Å². The summed E-state index contributed by atoms with van der Waals surface area (Å²) < 4.78 is 15.8. The molecule has 0 aromatic heterocycles. The summed E-state index contributed by atoms with van der Waals surface area (Å²) in [6.45, 7) is 1.52. The second kappa shape index (κ2) is 7.74. The maximum atomic E-state index is 10.6. The predicted molar refractivity (Wildman–Crippen MR) is 67.1 cm³/mol. The van der Waals surface area contributed by atoms with E-state index in [-0.39, 0.29) is 18.4 Å². The molecule has 0 spiro atoms. The molecule has 0 aliphatic carbocycles. The molecule has 1 atom stereocenters. The van der Waals surface area contributed by atoms with E-state index in [1.807, 2.05) is 0 Å². The van der Waals surface area contributed by atoms with Crippen molar-refractivity contribution in [3.8, 4) is 0 Å². The van der Waals surface area contributed by atoms with Crippen molar-refractivity contribution in [2.75, 3.05) is 13.2 Å². The summed E-state index contributed by atoms with van der Waals surface area (Å²) in [6.07, 6.45) is 10.5. The largest absolute Gasteiger partial charge is 0.462 e. The van der Waals surface area contributed by atoms with Gasteiger partial charge in [0.05, 0.1) is 19.6 Å². The first kappa shape index (κ1) is 13.8. The lowest BCUT2D eigenvalue weighted by molar-refractivity contribution is -0.169. The fourth-order valence-electron chi connectivity index (χ4n) is 2.49. The fourth-order valence-corrected chi connectivity index (χ4v) is 2.49. The Balaban J connectivity index is 1.30. The van der Waals surface area contributed by atoms with E-state index in [0.29, 0.717) is 6.42 Å². The second-order valence-electron chi connectivity index (χ2n) is 5.19. The van der Waals surface area contributed by atoms with Crippen molar-refractivity contribution in [2.24, 2.45) is 0 Å². The molecule has 0 aromatic rings. The zero-order valence-corrected chi connectivity index (χ0v) is 11.1. The van der Waals surface area contributed by atoms with Crippen LogP contribution in [0.15, 0.2) is 0 Å². The molecule has 0 radical (unpaired) electrons. The van der Waals surface area contributed by atoms with Gasteiger partial charge in [0.25, 0.3) is 0 Å². The molecule has 1 unspecified atom stereocenters. The van der Waals surface area contributed by atoms with Crippen molar-refractivity contribution in [1.29, 1.82) is 0 Å². The SMILES string of the molecule is O=C1CC(CCCCCCCCC2OCCO2)O1. The van der Waals surface area contributed by atoms with E-state index in [2.05, 4.69) is 0 Å². The van der Waals surface area contributed by atoms with Crippen LogP contribution in [-0.2, 0) is 19.0 Å². The van der Waals surface area contributed by atoms with Gasteiger partial charge < -0.3 is 14.2 Å². The summed E-state index contributed by atoms with van der Waals surface area (Å²) in [6, 6.07) is 0. The number of cyclic esters (lactones) is 1. The molecule has 18 heavy (non-hydrogen) atoms. The lowest BCUT2D eigenvalue weighted by Gasteiger charge is -2.25. The lowest BCUT2D eigenvalue weighted by Crippen LogP contribution is -2.32. The minimum atomic E-state index is -0.0312. The van der Waals surface area contributed by atoms with E-state index in [4.69, 9.17) is 14.2 Å². The molecule has 2 aliphatic heterocycles. The third-order valence-corrected chi connectivity index (χ3v) is 3.60. The Morgan fingerprint density at radius 3 is 2.06 bits per heavy atom. The molecule has 2 saturated heterocycles. The van der Waals surface area contributed by atoms with E-state index in [0.717, 1.165) is 26.1 Å². The van der Waals surface area contributed by atoms with Gasteiger partial charge in [0.15, 0.2) is 6.29 Å². The molecule has 4 nitrogen and oxygen atoms in total. The molecule has 2 heterocycles. The topological polar surface area (TPSA) is 44.8 Å². The van der Waals surface area contributed by atoms with Crippen LogP contribution in [-0.4, -0.2) is 31.6 Å². The average Bonchev–Trinajstić information content (AvgIpc) is 2.83. The third-order valence-electron chi connectivity index (χ3n) is 3.60. The number of carbonyl (C=O) groups is 1. The van der Waals surface area contributed by atoms with Crippen molar-refractivity contribution in [2.45, 2.75) is 70.2 Å². The molecule has 0 N–H and O–H groups in total. The lowest BCUT2D eigenvalue weighted by atomic mass is 10.0. The smallest absolute Gasteiger partial charge is 0.309 e. The summed E-state index contributed by atoms with van der Waals surface area (Å²) in [7, 11) is 0. The fraction of sp³-hybridized carbons (Fsp3) is 0.929. The molecule has 2 fully saturated rings. The highest BCUT2D eigenvalue weighted by atomic mass is 16.7. The highest BCUT2D eigenvalue weighted by molar-refractivity contribution is 5.75. The highest BCUT2D eigenvalue weighted by Gasteiger charge is 2.27. The van der Waals surface area contributed by atoms with Crippen molar-refractivity contribution in [3.63, 3.8) is 0 Å². The molecular weight excluding hydrogens is 232 g/mol. The quantitative estimate of drug-likeness (QED) is 0.470. The Morgan fingerprint density at radius 2 is 1.44 bits per heavy atom. The van der Waals surface area contributed by atoms with Crippen molar-refractivity contribution >= 4 is 5.97 Å². The van der Waals surface area contributed by atoms with Gasteiger partial charge in [0.2, 0.25) is 0 Å². The van der Waals surface area contributed by atoms with Crippen LogP contribution in [0.1, 0.15) is 57.8 Å². The van der Waals surface area contributed by atoms with Gasteiger partial charge in [-0.25, -0.2) is 0 Å². The molecule has 0 bridgehead atoms. The Bertz CT molecular complexity index is 240. The van der Waals surface area contributed by atoms with E-state index in [9.17, 15) is 4.79 Å². The minimum absolute atomic E-state index is 0.0312. The summed E-state index contributed by atoms with van der Waals surface area (Å²) in [5, 5.41) is 0. The Morgan fingerprint density at radius 1 is 0.889 bits per heavy atom. The zero-order chi connectivity index (χ0) is 12.6. The maximum Gasteiger partial charge on any atom is 0.309 e. The first-order valence-electron chi connectivity index (χ1n) is 7.27. The second-order valence-corrected chi connectivity index (χ2v) is 5.19. The van der Waals surface area contributed by atoms with E-state index < -0.39 is 0 Å². The number of rotatable bonds is 9. The van der Waals surface area contributed by atoms with Gasteiger partial charge >= 0.3 is 5.97 Å². The third kappa shape index (κ3) is 4.94. The molecule has 2 rings (SSSR count). The summed E-state index contributed by atoms with van der Waals surface area (Å²) >= 11 is 0. The number of unbranched alkanes of at least 4 members (excludes halogenated alkanes) is 5. The Labute approximate surface area is 109 Å². The van der Waals surface area contributed by atoms with Gasteiger partial charge in [-0.3, -0.25) is 4.79 Å². The number of hydrogen-bond acceptors (Lipinski definition) is 4. The van der Waals surface area contributed by atoms with Gasteiger partial charge in [-0.15, -0.1) is 0 Å². The van der Waals surface area contributed by atoms with Gasteiger partial charge in [0.1, 0.15) is 6.10 Å². The summed E-state index contributed by atoms with van der Waals surface area (Å²) in [4.78, 5) is 10.6. The molecular formula is C14H24O4. The van der Waals surface area contributed by atoms with Gasteiger partial charge in [-0.1, -0.05) is 25.7 Å². The van der Waals surface area contributed by atoms with Crippen LogP contribution in [0.25, 0.3) is 0 Å². The number of ether oxygens (including phenoxy) is 3. The highest BCUT2D eigenvalue weighted by Crippen LogP contribution is 2.20. The molecule has 0 aromatic carbocycles. The molecule has 2 aliphatic rings. The van der Waals surface area contributed by atoms with Gasteiger partial charge in [-0.2, -0.15) is 0 Å². The molecule has 0 saturated carbocycles. The number of carbonyl (C=O) groups excluding carboxylic acids is 1. The predicted octanol–water partition coefficient (Wildman–Crippen LogP) is 2.80. The average molecular weight is 256 g/mol. The molecule has 104 valence electrons. The van der Waals surface area contributed by atoms with Crippen molar-refractivity contribution in [3.05, 3.63) is 0 Å². The van der Waals surface area contributed by atoms with Crippen LogP contribution >= 0.6 is 0 Å². The maximum absolute atomic E-state index is 10.6. The van der Waals surface area contributed by atoms with Gasteiger partial charge in [0, 0.05) is 0 Å². The minimum Gasteiger partial charge on any atom is -0.462 e. The van der Waals surface area contributed by atoms with Crippen LogP contribution in [0, 0.1) is 0 Å². The number of hydrogen-bond donors (Lipinski definition) is 0. The first-order chi connectivity index (χ1) is 8.84. The normalized spacial score (nSPS) is 24.0. The molecule has 0 amide bonds.